The van der Waals surface area contributed by atoms with Gasteiger partial charge in [0.15, 0.2) is 0 Å². The van der Waals surface area contributed by atoms with Gasteiger partial charge < -0.3 is 14.4 Å². The van der Waals surface area contributed by atoms with E-state index in [4.69, 9.17) is 9.47 Å². The molecule has 5 heteroatoms. The Bertz CT molecular complexity index is 863. The van der Waals surface area contributed by atoms with Gasteiger partial charge in [-0.05, 0) is 80.3 Å². The highest BCUT2D eigenvalue weighted by Gasteiger charge is 2.34. The minimum atomic E-state index is -0.220. The van der Waals surface area contributed by atoms with Crippen molar-refractivity contribution in [2.75, 3.05) is 20.3 Å². The van der Waals surface area contributed by atoms with Crippen molar-refractivity contribution in [3.8, 4) is 5.75 Å². The Kier molecular flexibility index (Phi) is 8.30. The number of carbonyl (C=O) groups excluding carboxylic acids is 1. The minimum Gasteiger partial charge on any atom is -0.497 e. The second kappa shape index (κ2) is 11.0. The summed E-state index contributed by atoms with van der Waals surface area (Å²) in [6.45, 7) is 8.15. The van der Waals surface area contributed by atoms with Crippen molar-refractivity contribution in [2.24, 2.45) is 5.92 Å². The van der Waals surface area contributed by atoms with Gasteiger partial charge >= 0.3 is 0 Å². The van der Waals surface area contributed by atoms with Crippen LogP contribution in [0.1, 0.15) is 63.5 Å². The Labute approximate surface area is 191 Å². The van der Waals surface area contributed by atoms with Crippen LogP contribution in [-0.4, -0.2) is 36.7 Å². The maximum absolute atomic E-state index is 13.6. The van der Waals surface area contributed by atoms with Gasteiger partial charge in [-0.25, -0.2) is 4.39 Å². The van der Waals surface area contributed by atoms with E-state index < -0.39 is 0 Å². The van der Waals surface area contributed by atoms with E-state index in [1.54, 1.807) is 19.2 Å². The van der Waals surface area contributed by atoms with Crippen LogP contribution < -0.4 is 4.74 Å². The van der Waals surface area contributed by atoms with Crippen LogP contribution in [0.2, 0.25) is 0 Å². The van der Waals surface area contributed by atoms with E-state index in [0.29, 0.717) is 25.4 Å². The highest BCUT2D eigenvalue weighted by atomic mass is 19.1. The molecule has 1 saturated heterocycles. The summed E-state index contributed by atoms with van der Waals surface area (Å²) in [6.07, 6.45) is 3.25. The lowest BCUT2D eigenvalue weighted by Gasteiger charge is -2.40. The molecule has 1 fully saturated rings. The summed E-state index contributed by atoms with van der Waals surface area (Å²) in [6, 6.07) is 14.7. The molecule has 0 unspecified atom stereocenters. The van der Waals surface area contributed by atoms with Gasteiger partial charge in [-0.15, -0.1) is 0 Å². The van der Waals surface area contributed by atoms with E-state index in [1.807, 2.05) is 48.2 Å². The molecule has 32 heavy (non-hydrogen) atoms. The lowest BCUT2D eigenvalue weighted by atomic mass is 9.75. The summed E-state index contributed by atoms with van der Waals surface area (Å²) < 4.78 is 24.8. The first-order valence-corrected chi connectivity index (χ1v) is 11.6. The van der Waals surface area contributed by atoms with E-state index in [0.717, 1.165) is 42.7 Å². The highest BCUT2D eigenvalue weighted by molar-refractivity contribution is 5.75. The molecule has 0 saturated carbocycles. The Morgan fingerprint density at radius 2 is 1.88 bits per heavy atom. The normalized spacial score (nSPS) is 18.7. The fourth-order valence-corrected chi connectivity index (χ4v) is 4.77. The fraction of sp³-hybridized carbons (Fsp3) is 0.519. The number of methoxy groups -OCH3 is 1. The molecule has 0 aliphatic carbocycles. The molecule has 2 atom stereocenters. The van der Waals surface area contributed by atoms with Crippen molar-refractivity contribution in [3.05, 3.63) is 65.5 Å². The molecule has 174 valence electrons. The van der Waals surface area contributed by atoms with E-state index in [2.05, 4.69) is 13.8 Å². The van der Waals surface area contributed by atoms with Crippen LogP contribution in [0.3, 0.4) is 0 Å². The Morgan fingerprint density at radius 1 is 1.19 bits per heavy atom. The SMILES string of the molecule is CCC(=O)N(CC[C@H](c1ccc(F)cc1)[C@H]1CCOC(C)(C)C1)Cc1ccc(OC)cc1. The smallest absolute Gasteiger partial charge is 0.222 e. The van der Waals surface area contributed by atoms with Crippen LogP contribution in [0.4, 0.5) is 4.39 Å². The molecule has 2 aromatic rings. The van der Waals surface area contributed by atoms with Crippen LogP contribution in [0.15, 0.2) is 48.5 Å². The third kappa shape index (κ3) is 6.55. The van der Waals surface area contributed by atoms with Gasteiger partial charge in [-0.1, -0.05) is 31.2 Å². The molecule has 1 aliphatic rings. The van der Waals surface area contributed by atoms with E-state index in [9.17, 15) is 9.18 Å². The Hall–Kier alpha value is -2.40. The summed E-state index contributed by atoms with van der Waals surface area (Å²) in [5.74, 6) is 1.42. The van der Waals surface area contributed by atoms with Gasteiger partial charge in [0.1, 0.15) is 11.6 Å². The number of hydrogen-bond donors (Lipinski definition) is 0. The molecular weight excluding hydrogens is 405 g/mol. The van der Waals surface area contributed by atoms with Crippen molar-refractivity contribution in [1.29, 1.82) is 0 Å². The average Bonchev–Trinajstić information content (AvgIpc) is 2.79. The van der Waals surface area contributed by atoms with E-state index in [-0.39, 0.29) is 23.2 Å². The first-order valence-electron chi connectivity index (χ1n) is 11.6. The predicted molar refractivity (Wildman–Crippen MR) is 125 cm³/mol. The molecule has 4 nitrogen and oxygen atoms in total. The van der Waals surface area contributed by atoms with Crippen LogP contribution in [0, 0.1) is 11.7 Å². The maximum Gasteiger partial charge on any atom is 0.222 e. The van der Waals surface area contributed by atoms with Crippen LogP contribution in [0.25, 0.3) is 0 Å². The van der Waals surface area contributed by atoms with Gasteiger partial charge in [0.25, 0.3) is 0 Å². The monoisotopic (exact) mass is 441 g/mol. The van der Waals surface area contributed by atoms with Crippen LogP contribution in [0.5, 0.6) is 5.75 Å². The lowest BCUT2D eigenvalue weighted by Crippen LogP contribution is -2.38. The molecule has 0 radical (unpaired) electrons. The lowest BCUT2D eigenvalue weighted by molar-refractivity contribution is -0.131. The van der Waals surface area contributed by atoms with Crippen molar-refractivity contribution in [3.63, 3.8) is 0 Å². The van der Waals surface area contributed by atoms with Gasteiger partial charge in [0.05, 0.1) is 12.7 Å². The number of amides is 1. The molecule has 0 bridgehead atoms. The first kappa shape index (κ1) is 24.2. The quantitative estimate of drug-likeness (QED) is 0.482. The summed E-state index contributed by atoms with van der Waals surface area (Å²) in [4.78, 5) is 14.7. The van der Waals surface area contributed by atoms with Crippen molar-refractivity contribution >= 4 is 5.91 Å². The molecule has 3 rings (SSSR count). The first-order chi connectivity index (χ1) is 15.3. The third-order valence-electron chi connectivity index (χ3n) is 6.50. The Morgan fingerprint density at radius 3 is 2.47 bits per heavy atom. The van der Waals surface area contributed by atoms with Crippen LogP contribution in [-0.2, 0) is 16.1 Å². The zero-order valence-corrected chi connectivity index (χ0v) is 19.8. The number of benzene rings is 2. The second-order valence-electron chi connectivity index (χ2n) is 9.32. The summed E-state index contributed by atoms with van der Waals surface area (Å²) in [7, 11) is 1.65. The third-order valence-corrected chi connectivity index (χ3v) is 6.50. The standard InChI is InChI=1S/C27H36FNO3/c1-5-26(30)29(19-20-6-12-24(31-4)13-7-20)16-14-25(21-8-10-23(28)11-9-21)22-15-17-32-27(2,3)18-22/h6-13,22,25H,5,14-19H2,1-4H3/t22-,25+/m0/s1. The molecule has 0 spiro atoms. The number of carbonyl (C=O) groups is 1. The van der Waals surface area contributed by atoms with Gasteiger partial charge in [0.2, 0.25) is 5.91 Å². The zero-order valence-electron chi connectivity index (χ0n) is 19.8. The molecule has 1 heterocycles. The number of rotatable bonds is 9. The van der Waals surface area contributed by atoms with Crippen molar-refractivity contribution in [2.45, 2.75) is 64.5 Å². The van der Waals surface area contributed by atoms with Crippen LogP contribution >= 0.6 is 0 Å². The Balaban J connectivity index is 1.77. The number of nitrogens with zero attached hydrogens (tertiary/aromatic N) is 1. The summed E-state index contributed by atoms with van der Waals surface area (Å²) in [5, 5.41) is 0. The number of halogens is 1. The van der Waals surface area contributed by atoms with Crippen molar-refractivity contribution in [1.82, 2.24) is 4.90 Å². The minimum absolute atomic E-state index is 0.144. The van der Waals surface area contributed by atoms with E-state index in [1.165, 1.54) is 0 Å². The topological polar surface area (TPSA) is 38.8 Å². The largest absolute Gasteiger partial charge is 0.497 e. The molecule has 1 aliphatic heterocycles. The molecule has 2 aromatic carbocycles. The summed E-state index contributed by atoms with van der Waals surface area (Å²) in [5.41, 5.74) is 2.06. The fourth-order valence-electron chi connectivity index (χ4n) is 4.77. The molecule has 1 amide bonds. The van der Waals surface area contributed by atoms with E-state index >= 15 is 0 Å². The zero-order chi connectivity index (χ0) is 23.1. The van der Waals surface area contributed by atoms with Crippen molar-refractivity contribution < 1.29 is 18.7 Å². The maximum atomic E-state index is 13.6. The highest BCUT2D eigenvalue weighted by Crippen LogP contribution is 2.40. The second-order valence-corrected chi connectivity index (χ2v) is 9.32. The molecular formula is C27H36FNO3. The predicted octanol–water partition coefficient (Wildman–Crippen LogP) is 5.95. The summed E-state index contributed by atoms with van der Waals surface area (Å²) >= 11 is 0. The van der Waals surface area contributed by atoms with Gasteiger partial charge in [-0.2, -0.15) is 0 Å². The van der Waals surface area contributed by atoms with Gasteiger partial charge in [-0.3, -0.25) is 4.79 Å². The van der Waals surface area contributed by atoms with Gasteiger partial charge in [0, 0.05) is 26.1 Å². The number of ether oxygens (including phenoxy) is 2. The molecule has 0 aromatic heterocycles. The average molecular weight is 442 g/mol. The number of hydrogen-bond acceptors (Lipinski definition) is 3. The molecule has 0 N–H and O–H groups in total.